The number of halogens is 1. The summed E-state index contributed by atoms with van der Waals surface area (Å²) in [6.45, 7) is 14.9. The Morgan fingerprint density at radius 2 is 1.70 bits per heavy atom. The molecule has 0 aromatic heterocycles. The minimum absolute atomic E-state index is 0. The molecule has 0 unspecified atom stereocenters. The number of rotatable bonds is 7. The van der Waals surface area contributed by atoms with Crippen molar-refractivity contribution in [3.63, 3.8) is 0 Å². The van der Waals surface area contributed by atoms with Crippen molar-refractivity contribution in [1.29, 1.82) is 0 Å². The zero-order valence-corrected chi connectivity index (χ0v) is 14.0. The third-order valence-corrected chi connectivity index (χ3v) is 3.69. The molecule has 1 heterocycles. The number of hydrogen-bond acceptors (Lipinski definition) is 4. The second kappa shape index (κ2) is 11.2. The lowest BCUT2D eigenvalue weighted by atomic mass is 10.3. The lowest BCUT2D eigenvalue weighted by molar-refractivity contribution is 0.0737. The van der Waals surface area contributed by atoms with E-state index in [1.165, 1.54) is 0 Å². The van der Waals surface area contributed by atoms with Gasteiger partial charge < -0.3 is 14.5 Å². The van der Waals surface area contributed by atoms with E-state index in [1.54, 1.807) is 0 Å². The fourth-order valence-electron chi connectivity index (χ4n) is 2.26. The van der Waals surface area contributed by atoms with Crippen LogP contribution < -0.4 is 0 Å². The van der Waals surface area contributed by atoms with Crippen molar-refractivity contribution in [2.24, 2.45) is 0 Å². The molecule has 1 saturated heterocycles. The Balaban J connectivity index is 0.00000361. The Bertz CT molecular complexity index is 255. The van der Waals surface area contributed by atoms with Crippen LogP contribution in [0.1, 0.15) is 27.2 Å². The van der Waals surface area contributed by atoms with E-state index in [0.717, 1.165) is 58.8 Å². The monoisotopic (exact) mass is 307 g/mol. The predicted octanol–water partition coefficient (Wildman–Crippen LogP) is 1.91. The highest BCUT2D eigenvalue weighted by atomic mass is 35.5. The van der Waals surface area contributed by atoms with Gasteiger partial charge in [-0.3, -0.25) is 4.90 Å². The van der Waals surface area contributed by atoms with E-state index < -0.39 is 0 Å². The largest absolute Gasteiger partial charge is 0.449 e. The normalized spacial score (nSPS) is 16.1. The van der Waals surface area contributed by atoms with E-state index in [1.807, 2.05) is 11.8 Å². The fourth-order valence-corrected chi connectivity index (χ4v) is 2.26. The molecule has 1 amide bonds. The summed E-state index contributed by atoms with van der Waals surface area (Å²) in [5.74, 6) is 0. The first-order valence-corrected chi connectivity index (χ1v) is 7.57. The number of amides is 1. The first kappa shape index (κ1) is 19.5. The number of nitrogens with zero attached hydrogens (tertiary/aromatic N) is 3. The highest BCUT2D eigenvalue weighted by Gasteiger charge is 2.21. The van der Waals surface area contributed by atoms with E-state index in [4.69, 9.17) is 4.74 Å². The van der Waals surface area contributed by atoms with Crippen molar-refractivity contribution in [2.75, 3.05) is 59.0 Å². The topological polar surface area (TPSA) is 36.0 Å². The van der Waals surface area contributed by atoms with Gasteiger partial charge in [-0.25, -0.2) is 4.79 Å². The molecule has 6 heteroatoms. The van der Waals surface area contributed by atoms with Crippen LogP contribution in [-0.2, 0) is 4.74 Å². The zero-order valence-electron chi connectivity index (χ0n) is 13.1. The van der Waals surface area contributed by atoms with Crippen LogP contribution in [0, 0.1) is 0 Å². The summed E-state index contributed by atoms with van der Waals surface area (Å²) < 4.78 is 5.16. The van der Waals surface area contributed by atoms with E-state index in [9.17, 15) is 4.79 Å². The Labute approximate surface area is 129 Å². The number of carbonyl (C=O) groups is 1. The van der Waals surface area contributed by atoms with Crippen molar-refractivity contribution in [2.45, 2.75) is 27.2 Å². The Kier molecular flexibility index (Phi) is 10.9. The third kappa shape index (κ3) is 6.77. The van der Waals surface area contributed by atoms with Crippen molar-refractivity contribution >= 4 is 18.5 Å². The highest BCUT2D eigenvalue weighted by Crippen LogP contribution is 2.04. The van der Waals surface area contributed by atoms with Crippen LogP contribution in [0.3, 0.4) is 0 Å². The van der Waals surface area contributed by atoms with Crippen LogP contribution in [0.5, 0.6) is 0 Å². The number of piperazine rings is 1. The molecule has 0 saturated carbocycles. The lowest BCUT2D eigenvalue weighted by Gasteiger charge is -2.35. The average molecular weight is 308 g/mol. The van der Waals surface area contributed by atoms with Crippen LogP contribution in [0.15, 0.2) is 0 Å². The number of carbonyl (C=O) groups excluding carboxylic acids is 1. The smallest absolute Gasteiger partial charge is 0.409 e. The van der Waals surface area contributed by atoms with Crippen LogP contribution >= 0.6 is 12.4 Å². The first-order chi connectivity index (χ1) is 9.21. The lowest BCUT2D eigenvalue weighted by Crippen LogP contribution is -2.50. The molecule has 120 valence electrons. The Morgan fingerprint density at radius 1 is 1.10 bits per heavy atom. The van der Waals surface area contributed by atoms with Gasteiger partial charge in [0.1, 0.15) is 0 Å². The maximum atomic E-state index is 11.7. The number of hydrogen-bond donors (Lipinski definition) is 0. The van der Waals surface area contributed by atoms with Gasteiger partial charge in [-0.1, -0.05) is 20.8 Å². The molecule has 0 spiro atoms. The van der Waals surface area contributed by atoms with Gasteiger partial charge in [0, 0.05) is 39.3 Å². The molecule has 0 aliphatic carbocycles. The molecule has 0 N–H and O–H groups in total. The maximum Gasteiger partial charge on any atom is 0.409 e. The summed E-state index contributed by atoms with van der Waals surface area (Å²) in [4.78, 5) is 18.4. The third-order valence-electron chi connectivity index (χ3n) is 3.69. The summed E-state index contributed by atoms with van der Waals surface area (Å²) in [6, 6.07) is 0. The van der Waals surface area contributed by atoms with Crippen molar-refractivity contribution in [3.05, 3.63) is 0 Å². The van der Waals surface area contributed by atoms with E-state index in [-0.39, 0.29) is 18.5 Å². The molecule has 0 aromatic rings. The van der Waals surface area contributed by atoms with E-state index >= 15 is 0 Å². The SMILES string of the molecule is CCCOC(=O)N1CCN(CCN(CC)CC)CC1.Cl. The molecule has 0 aromatic carbocycles. The van der Waals surface area contributed by atoms with E-state index in [2.05, 4.69) is 23.6 Å². The van der Waals surface area contributed by atoms with Crippen LogP contribution in [-0.4, -0.2) is 79.8 Å². The maximum absolute atomic E-state index is 11.7. The quantitative estimate of drug-likeness (QED) is 0.720. The average Bonchev–Trinajstić information content (AvgIpc) is 2.46. The number of likely N-dealkylation sites (N-methyl/N-ethyl adjacent to an activating group) is 1. The molecule has 5 nitrogen and oxygen atoms in total. The van der Waals surface area contributed by atoms with Gasteiger partial charge in [0.2, 0.25) is 0 Å². The number of ether oxygens (including phenoxy) is 1. The summed E-state index contributed by atoms with van der Waals surface area (Å²) in [5.41, 5.74) is 0. The second-order valence-electron chi connectivity index (χ2n) is 4.97. The van der Waals surface area contributed by atoms with Gasteiger partial charge >= 0.3 is 6.09 Å². The van der Waals surface area contributed by atoms with Crippen molar-refractivity contribution in [1.82, 2.24) is 14.7 Å². The van der Waals surface area contributed by atoms with Gasteiger partial charge in [-0.2, -0.15) is 0 Å². The Hall–Kier alpha value is -0.520. The minimum Gasteiger partial charge on any atom is -0.449 e. The first-order valence-electron chi connectivity index (χ1n) is 7.57. The predicted molar refractivity (Wildman–Crippen MR) is 84.7 cm³/mol. The van der Waals surface area contributed by atoms with Crippen LogP contribution in [0.25, 0.3) is 0 Å². The standard InChI is InChI=1S/C14H29N3O2.ClH/c1-4-13-19-14(18)17-11-9-16(10-12-17)8-7-15(5-2)6-3;/h4-13H2,1-3H3;1H. The molecular weight excluding hydrogens is 278 g/mol. The molecular formula is C14H30ClN3O2. The molecule has 0 atom stereocenters. The molecule has 1 aliphatic rings. The second-order valence-corrected chi connectivity index (χ2v) is 4.97. The molecule has 20 heavy (non-hydrogen) atoms. The van der Waals surface area contributed by atoms with Gasteiger partial charge in [-0.05, 0) is 19.5 Å². The molecule has 1 fully saturated rings. The van der Waals surface area contributed by atoms with Crippen molar-refractivity contribution in [3.8, 4) is 0 Å². The van der Waals surface area contributed by atoms with E-state index in [0.29, 0.717) is 6.61 Å². The van der Waals surface area contributed by atoms with Crippen molar-refractivity contribution < 1.29 is 9.53 Å². The molecule has 0 bridgehead atoms. The summed E-state index contributed by atoms with van der Waals surface area (Å²) >= 11 is 0. The van der Waals surface area contributed by atoms with Gasteiger partial charge in [0.05, 0.1) is 6.61 Å². The summed E-state index contributed by atoms with van der Waals surface area (Å²) in [7, 11) is 0. The van der Waals surface area contributed by atoms with Crippen LogP contribution in [0.2, 0.25) is 0 Å². The zero-order chi connectivity index (χ0) is 14.1. The highest BCUT2D eigenvalue weighted by molar-refractivity contribution is 5.85. The minimum atomic E-state index is -0.148. The summed E-state index contributed by atoms with van der Waals surface area (Å²) in [5, 5.41) is 0. The molecule has 0 radical (unpaired) electrons. The van der Waals surface area contributed by atoms with Crippen LogP contribution in [0.4, 0.5) is 4.79 Å². The fraction of sp³-hybridized carbons (Fsp3) is 0.929. The Morgan fingerprint density at radius 3 is 2.20 bits per heavy atom. The molecule has 1 aliphatic heterocycles. The molecule has 1 rings (SSSR count). The summed E-state index contributed by atoms with van der Waals surface area (Å²) in [6.07, 6.45) is 0.737. The van der Waals surface area contributed by atoms with Gasteiger partial charge in [-0.15, -0.1) is 12.4 Å². The van der Waals surface area contributed by atoms with Gasteiger partial charge in [0.15, 0.2) is 0 Å². The van der Waals surface area contributed by atoms with Gasteiger partial charge in [0.25, 0.3) is 0 Å².